The minimum Gasteiger partial charge on any atom is -0.294 e. The van der Waals surface area contributed by atoms with Crippen LogP contribution < -0.4 is 0 Å². The maximum Gasteiger partial charge on any atom is 0.0732 e. The smallest absolute Gasteiger partial charge is 0.0732 e. The number of nitrogens with zero attached hydrogens (tertiary/aromatic N) is 2. The second kappa shape index (κ2) is 8.02. The van der Waals surface area contributed by atoms with Crippen LogP contribution >= 0.6 is 11.3 Å². The first-order valence-corrected chi connectivity index (χ1v) is 11.2. The van der Waals surface area contributed by atoms with Crippen LogP contribution in [0.2, 0.25) is 0 Å². The summed E-state index contributed by atoms with van der Waals surface area (Å²) in [6, 6.07) is 26.8. The summed E-state index contributed by atoms with van der Waals surface area (Å²) < 4.78 is 0. The normalized spacial score (nSPS) is 25.5. The molecular weight excluding hydrogens is 360 g/mol. The van der Waals surface area contributed by atoms with E-state index in [4.69, 9.17) is 4.99 Å². The standard InChI is InChI=1S/C25H26N2S/c1-3-8-19(9-4-1)23(20-10-5-2-6-11-20)25-24(21-13-15-27(25)16-14-21)26-18-22-12-7-17-28-22/h1-12,17,21,23,25H,13-16,18H2. The molecule has 3 aliphatic heterocycles. The highest BCUT2D eigenvalue weighted by atomic mass is 32.1. The minimum atomic E-state index is 0.340. The van der Waals surface area contributed by atoms with Gasteiger partial charge in [0, 0.05) is 22.4 Å². The molecule has 0 N–H and O–H groups in total. The molecule has 1 aromatic heterocycles. The topological polar surface area (TPSA) is 15.6 Å². The van der Waals surface area contributed by atoms with Gasteiger partial charge in [0.25, 0.3) is 0 Å². The Morgan fingerprint density at radius 3 is 2.07 bits per heavy atom. The Balaban J connectivity index is 1.58. The number of aliphatic imine (C=N–C) groups is 1. The number of hydrogen-bond acceptors (Lipinski definition) is 3. The average Bonchev–Trinajstić information content (AvgIpc) is 3.29. The van der Waals surface area contributed by atoms with Crippen LogP contribution in [-0.4, -0.2) is 29.7 Å². The van der Waals surface area contributed by atoms with Gasteiger partial charge in [-0.25, -0.2) is 0 Å². The summed E-state index contributed by atoms with van der Waals surface area (Å²) in [4.78, 5) is 9.30. The van der Waals surface area contributed by atoms with Crippen LogP contribution in [0.3, 0.4) is 0 Å². The van der Waals surface area contributed by atoms with Gasteiger partial charge in [-0.2, -0.15) is 0 Å². The molecule has 3 saturated heterocycles. The monoisotopic (exact) mass is 386 g/mol. The van der Waals surface area contributed by atoms with Crippen LogP contribution in [0.5, 0.6) is 0 Å². The molecule has 3 aliphatic rings. The van der Waals surface area contributed by atoms with Crippen molar-refractivity contribution in [1.82, 2.24) is 4.90 Å². The third kappa shape index (κ3) is 3.45. The maximum atomic E-state index is 5.25. The summed E-state index contributed by atoms with van der Waals surface area (Å²) in [5, 5.41) is 2.15. The molecule has 142 valence electrons. The van der Waals surface area contributed by atoms with Crippen molar-refractivity contribution < 1.29 is 0 Å². The number of fused-ring (bicyclic) bond motifs is 3. The second-order valence-corrected chi connectivity index (χ2v) is 8.91. The lowest BCUT2D eigenvalue weighted by molar-refractivity contribution is 0.135. The first-order chi connectivity index (χ1) is 13.9. The predicted octanol–water partition coefficient (Wildman–Crippen LogP) is 5.62. The Morgan fingerprint density at radius 1 is 0.857 bits per heavy atom. The summed E-state index contributed by atoms with van der Waals surface area (Å²) in [6.45, 7) is 3.22. The Labute approximate surface area is 171 Å². The first-order valence-electron chi connectivity index (χ1n) is 10.3. The van der Waals surface area contributed by atoms with E-state index in [9.17, 15) is 0 Å². The van der Waals surface area contributed by atoms with Gasteiger partial charge in [0.15, 0.2) is 0 Å². The van der Waals surface area contributed by atoms with Gasteiger partial charge in [0.1, 0.15) is 0 Å². The zero-order valence-corrected chi connectivity index (χ0v) is 16.9. The van der Waals surface area contributed by atoms with E-state index >= 15 is 0 Å². The summed E-state index contributed by atoms with van der Waals surface area (Å²) in [6.07, 6.45) is 2.52. The highest BCUT2D eigenvalue weighted by Crippen LogP contribution is 2.40. The molecule has 3 heteroatoms. The van der Waals surface area contributed by atoms with E-state index in [1.165, 1.54) is 47.6 Å². The molecule has 4 heterocycles. The van der Waals surface area contributed by atoms with Crippen LogP contribution in [0.25, 0.3) is 0 Å². The molecule has 3 aromatic rings. The summed E-state index contributed by atoms with van der Waals surface area (Å²) >= 11 is 1.81. The highest BCUT2D eigenvalue weighted by molar-refractivity contribution is 7.09. The molecule has 2 nitrogen and oxygen atoms in total. The third-order valence-electron chi connectivity index (χ3n) is 6.27. The quantitative estimate of drug-likeness (QED) is 0.556. The van der Waals surface area contributed by atoms with Crippen LogP contribution in [0.15, 0.2) is 83.2 Å². The van der Waals surface area contributed by atoms with Gasteiger partial charge >= 0.3 is 0 Å². The van der Waals surface area contributed by atoms with E-state index < -0.39 is 0 Å². The SMILES string of the molecule is c1ccc(C(c2ccccc2)C2C(=NCc3cccs3)C3CCN2CC3)cc1. The van der Waals surface area contributed by atoms with Gasteiger partial charge in [0.05, 0.1) is 12.6 Å². The van der Waals surface area contributed by atoms with Crippen LogP contribution in [0, 0.1) is 5.92 Å². The van der Waals surface area contributed by atoms with Gasteiger partial charge < -0.3 is 0 Å². The van der Waals surface area contributed by atoms with Crippen LogP contribution in [-0.2, 0) is 6.54 Å². The molecule has 1 atom stereocenters. The molecule has 28 heavy (non-hydrogen) atoms. The van der Waals surface area contributed by atoms with Gasteiger partial charge in [-0.3, -0.25) is 9.89 Å². The van der Waals surface area contributed by atoms with E-state index in [-0.39, 0.29) is 0 Å². The summed E-state index contributed by atoms with van der Waals surface area (Å²) in [5.41, 5.74) is 4.23. The fourth-order valence-corrected chi connectivity index (χ4v) is 5.58. The fourth-order valence-electron chi connectivity index (χ4n) is 4.96. The number of rotatable bonds is 5. The molecular formula is C25H26N2S. The molecule has 2 aromatic carbocycles. The summed E-state index contributed by atoms with van der Waals surface area (Å²) in [5.74, 6) is 0.984. The zero-order chi connectivity index (χ0) is 18.8. The van der Waals surface area contributed by atoms with Crippen molar-refractivity contribution in [2.75, 3.05) is 13.1 Å². The Hall–Kier alpha value is -2.23. The van der Waals surface area contributed by atoms with E-state index in [2.05, 4.69) is 83.1 Å². The van der Waals surface area contributed by atoms with Gasteiger partial charge in [-0.1, -0.05) is 66.7 Å². The Kier molecular flexibility index (Phi) is 5.11. The lowest BCUT2D eigenvalue weighted by Gasteiger charge is -2.49. The predicted molar refractivity (Wildman–Crippen MR) is 118 cm³/mol. The molecule has 0 aliphatic carbocycles. The van der Waals surface area contributed by atoms with Crippen molar-refractivity contribution >= 4 is 17.0 Å². The molecule has 0 spiro atoms. The van der Waals surface area contributed by atoms with E-state index in [1.54, 1.807) is 0 Å². The van der Waals surface area contributed by atoms with Crippen molar-refractivity contribution in [2.24, 2.45) is 10.9 Å². The average molecular weight is 387 g/mol. The number of benzene rings is 2. The molecule has 2 bridgehead atoms. The first kappa shape index (κ1) is 17.8. The van der Waals surface area contributed by atoms with Crippen molar-refractivity contribution in [1.29, 1.82) is 0 Å². The maximum absolute atomic E-state index is 5.25. The number of thiophene rings is 1. The molecule has 0 amide bonds. The van der Waals surface area contributed by atoms with Gasteiger partial charge in [0.2, 0.25) is 0 Å². The third-order valence-corrected chi connectivity index (χ3v) is 7.14. The molecule has 6 rings (SSSR count). The molecule has 0 radical (unpaired) electrons. The van der Waals surface area contributed by atoms with E-state index in [1.807, 2.05) is 11.3 Å². The minimum absolute atomic E-state index is 0.340. The summed E-state index contributed by atoms with van der Waals surface area (Å²) in [7, 11) is 0. The fraction of sp³-hybridized carbons (Fsp3) is 0.320. The van der Waals surface area contributed by atoms with Gasteiger partial charge in [-0.15, -0.1) is 11.3 Å². The van der Waals surface area contributed by atoms with Crippen molar-refractivity contribution in [2.45, 2.75) is 31.3 Å². The lowest BCUT2D eigenvalue weighted by atomic mass is 9.72. The largest absolute Gasteiger partial charge is 0.294 e. The van der Waals surface area contributed by atoms with Crippen molar-refractivity contribution in [3.8, 4) is 0 Å². The molecule has 1 unspecified atom stereocenters. The van der Waals surface area contributed by atoms with E-state index in [0.29, 0.717) is 17.9 Å². The van der Waals surface area contributed by atoms with Crippen LogP contribution in [0.1, 0.15) is 34.8 Å². The lowest BCUT2D eigenvalue weighted by Crippen LogP contribution is -2.57. The second-order valence-electron chi connectivity index (χ2n) is 7.87. The Morgan fingerprint density at radius 2 is 1.50 bits per heavy atom. The van der Waals surface area contributed by atoms with E-state index in [0.717, 1.165) is 6.54 Å². The van der Waals surface area contributed by atoms with Crippen molar-refractivity contribution in [3.05, 3.63) is 94.2 Å². The molecule has 0 saturated carbocycles. The zero-order valence-electron chi connectivity index (χ0n) is 16.1. The van der Waals surface area contributed by atoms with Crippen LogP contribution in [0.4, 0.5) is 0 Å². The number of piperidine rings is 3. The Bertz CT molecular complexity index is 870. The van der Waals surface area contributed by atoms with Crippen molar-refractivity contribution in [3.63, 3.8) is 0 Å². The number of hydrogen-bond donors (Lipinski definition) is 0. The molecule has 3 fully saturated rings. The van der Waals surface area contributed by atoms with Gasteiger partial charge in [-0.05, 0) is 48.5 Å². The highest BCUT2D eigenvalue weighted by Gasteiger charge is 2.43.